The molecule has 104 valence electrons. The molecule has 0 aromatic heterocycles. The molecule has 0 unspecified atom stereocenters. The molecule has 0 heterocycles. The van der Waals surface area contributed by atoms with Gasteiger partial charge in [-0.2, -0.15) is 0 Å². The molecular weight excluding hydrogens is 314 g/mol. The largest absolute Gasteiger partial charge is 1.00 e. The molecule has 2 aromatic rings. The van der Waals surface area contributed by atoms with Crippen LogP contribution in [0.1, 0.15) is 0 Å². The Morgan fingerprint density at radius 2 is 0.909 bits per heavy atom. The van der Waals surface area contributed by atoms with Crippen molar-refractivity contribution in [3.8, 4) is 11.5 Å². The van der Waals surface area contributed by atoms with Gasteiger partial charge >= 0.3 is 59.1 Å². The van der Waals surface area contributed by atoms with Crippen LogP contribution in [0.3, 0.4) is 0 Å². The Kier molecular flexibility index (Phi) is 12.0. The van der Waals surface area contributed by atoms with Crippen molar-refractivity contribution in [1.29, 1.82) is 0 Å². The summed E-state index contributed by atoms with van der Waals surface area (Å²) in [6, 6.07) is 10.5. The van der Waals surface area contributed by atoms with Crippen LogP contribution in [0.4, 0.5) is 11.4 Å². The maximum absolute atomic E-state index is 10.6. The normalized spacial score (nSPS) is 8.36. The van der Waals surface area contributed by atoms with Crippen molar-refractivity contribution in [3.05, 3.63) is 68.8 Å². The number of rotatable bonds is 2. The quantitative estimate of drug-likeness (QED) is 0.310. The van der Waals surface area contributed by atoms with Crippen LogP contribution in [-0.4, -0.2) is 9.85 Å². The van der Waals surface area contributed by atoms with Crippen LogP contribution in [-0.2, 0) is 0 Å². The van der Waals surface area contributed by atoms with Crippen LogP contribution in [0.25, 0.3) is 0 Å². The molecule has 8 nitrogen and oxygen atoms in total. The Labute approximate surface area is 169 Å². The van der Waals surface area contributed by atoms with Gasteiger partial charge in [0.15, 0.2) is 0 Å². The van der Waals surface area contributed by atoms with Crippen molar-refractivity contribution in [2.24, 2.45) is 0 Å². The second kappa shape index (κ2) is 11.4. The summed E-state index contributed by atoms with van der Waals surface area (Å²) in [5, 5.41) is 41.3. The molecule has 0 bridgehead atoms. The SMILES string of the molecule is O=[N+]([O-])c1ccccc1[O-].O=[N+]([O-])c1ccccc1[O-].[Na+].[Na+]. The summed E-state index contributed by atoms with van der Waals surface area (Å²) in [7, 11) is 0. The molecule has 0 saturated carbocycles. The van der Waals surface area contributed by atoms with Gasteiger partial charge in [0, 0.05) is 12.1 Å². The van der Waals surface area contributed by atoms with E-state index in [1.165, 1.54) is 36.4 Å². The summed E-state index contributed by atoms with van der Waals surface area (Å²) < 4.78 is 0. The molecule has 0 spiro atoms. The van der Waals surface area contributed by atoms with Crippen LogP contribution in [0.5, 0.6) is 11.5 Å². The second-order valence-electron chi connectivity index (χ2n) is 3.45. The van der Waals surface area contributed by atoms with E-state index in [1.807, 2.05) is 0 Å². The molecule has 2 aromatic carbocycles. The molecule has 0 atom stereocenters. The Morgan fingerprint density at radius 3 is 1.09 bits per heavy atom. The van der Waals surface area contributed by atoms with Gasteiger partial charge in [0.05, 0.1) is 9.85 Å². The number of nitro groups is 2. The molecule has 0 fully saturated rings. The van der Waals surface area contributed by atoms with E-state index in [0.717, 1.165) is 12.1 Å². The van der Waals surface area contributed by atoms with Crippen LogP contribution in [0.15, 0.2) is 48.5 Å². The summed E-state index contributed by atoms with van der Waals surface area (Å²) in [5.74, 6) is -1.10. The minimum absolute atomic E-state index is 0. The van der Waals surface area contributed by atoms with Gasteiger partial charge in [-0.15, -0.1) is 0 Å². The van der Waals surface area contributed by atoms with Gasteiger partial charge in [0.2, 0.25) is 0 Å². The van der Waals surface area contributed by atoms with Gasteiger partial charge in [-0.1, -0.05) is 36.4 Å². The van der Waals surface area contributed by atoms with Gasteiger partial charge in [0.1, 0.15) is 0 Å². The fourth-order valence-electron chi connectivity index (χ4n) is 1.22. The van der Waals surface area contributed by atoms with Gasteiger partial charge in [-0.05, 0) is 11.5 Å². The first-order valence-electron chi connectivity index (χ1n) is 5.24. The van der Waals surface area contributed by atoms with Gasteiger partial charge < -0.3 is 10.2 Å². The van der Waals surface area contributed by atoms with E-state index < -0.39 is 21.3 Å². The Hall–Kier alpha value is -1.16. The summed E-state index contributed by atoms with van der Waals surface area (Å²) >= 11 is 0. The van der Waals surface area contributed by atoms with Gasteiger partial charge in [-0.25, -0.2) is 0 Å². The third kappa shape index (κ3) is 7.21. The van der Waals surface area contributed by atoms with E-state index in [1.54, 1.807) is 0 Å². The summed E-state index contributed by atoms with van der Waals surface area (Å²) in [6.07, 6.45) is 0. The van der Waals surface area contributed by atoms with Gasteiger partial charge in [-0.3, -0.25) is 20.2 Å². The smallest absolute Gasteiger partial charge is 0.868 e. The Balaban J connectivity index is 0. The molecule has 2 rings (SSSR count). The maximum Gasteiger partial charge on any atom is 1.00 e. The van der Waals surface area contributed by atoms with Crippen LogP contribution < -0.4 is 69.3 Å². The minimum atomic E-state index is -0.692. The first-order chi connectivity index (χ1) is 9.43. The summed E-state index contributed by atoms with van der Waals surface area (Å²) in [4.78, 5) is 18.7. The van der Waals surface area contributed by atoms with Crippen molar-refractivity contribution in [3.63, 3.8) is 0 Å². The van der Waals surface area contributed by atoms with Crippen molar-refractivity contribution in [2.75, 3.05) is 0 Å². The van der Waals surface area contributed by atoms with E-state index in [9.17, 15) is 30.4 Å². The van der Waals surface area contributed by atoms with Crippen LogP contribution >= 0.6 is 0 Å². The number of hydrogen-bond donors (Lipinski definition) is 0. The molecule has 0 aliphatic rings. The Bertz CT molecular complexity index is 583. The molecule has 10 heteroatoms. The molecular formula is C12H8N2Na2O6. The first-order valence-corrected chi connectivity index (χ1v) is 5.24. The zero-order valence-electron chi connectivity index (χ0n) is 12.0. The van der Waals surface area contributed by atoms with E-state index in [2.05, 4.69) is 0 Å². The van der Waals surface area contributed by atoms with Crippen LogP contribution in [0.2, 0.25) is 0 Å². The number of benzene rings is 2. The number of para-hydroxylation sites is 4. The number of nitrogens with zero attached hydrogens (tertiary/aromatic N) is 2. The van der Waals surface area contributed by atoms with E-state index in [0.29, 0.717) is 0 Å². The standard InChI is InChI=1S/2C6H5NO3.2Na/c2*8-6-4-2-1-3-5(6)7(9)10;;/h2*1-4,8H;;/q;;2*+1/p-2. The van der Waals surface area contributed by atoms with Gasteiger partial charge in [0.25, 0.3) is 11.4 Å². The van der Waals surface area contributed by atoms with Crippen molar-refractivity contribution < 1.29 is 79.2 Å². The molecule has 0 amide bonds. The van der Waals surface area contributed by atoms with E-state index >= 15 is 0 Å². The zero-order valence-corrected chi connectivity index (χ0v) is 16.0. The third-order valence-electron chi connectivity index (χ3n) is 2.12. The fraction of sp³-hybridized carbons (Fsp3) is 0. The minimum Gasteiger partial charge on any atom is -0.868 e. The monoisotopic (exact) mass is 322 g/mol. The van der Waals surface area contributed by atoms with E-state index in [-0.39, 0.29) is 70.5 Å². The third-order valence-corrected chi connectivity index (χ3v) is 2.12. The summed E-state index contributed by atoms with van der Waals surface area (Å²) in [5.41, 5.74) is -0.745. The molecule has 0 aliphatic heterocycles. The predicted octanol–water partition coefficient (Wildman–Crippen LogP) is -4.66. The topological polar surface area (TPSA) is 132 Å². The molecule has 22 heavy (non-hydrogen) atoms. The first kappa shape index (κ1) is 23.1. The molecule has 0 radical (unpaired) electrons. The molecule has 0 N–H and O–H groups in total. The second-order valence-corrected chi connectivity index (χ2v) is 3.45. The number of nitro benzene ring substituents is 2. The zero-order chi connectivity index (χ0) is 15.1. The van der Waals surface area contributed by atoms with Crippen molar-refractivity contribution >= 4 is 11.4 Å². The molecule has 0 saturated heterocycles. The average molecular weight is 322 g/mol. The van der Waals surface area contributed by atoms with Crippen LogP contribution in [0, 0.1) is 20.2 Å². The van der Waals surface area contributed by atoms with Crippen molar-refractivity contribution in [1.82, 2.24) is 0 Å². The van der Waals surface area contributed by atoms with E-state index in [4.69, 9.17) is 0 Å². The summed E-state index contributed by atoms with van der Waals surface area (Å²) in [6.45, 7) is 0. The predicted molar refractivity (Wildman–Crippen MR) is 65.1 cm³/mol. The maximum atomic E-state index is 10.6. The fourth-order valence-corrected chi connectivity index (χ4v) is 1.22. The average Bonchev–Trinajstić information content (AvgIpc) is 2.40. The van der Waals surface area contributed by atoms with Crippen molar-refractivity contribution in [2.45, 2.75) is 0 Å². The number of hydrogen-bond acceptors (Lipinski definition) is 6. The Morgan fingerprint density at radius 1 is 0.636 bits per heavy atom. The molecule has 0 aliphatic carbocycles.